The van der Waals surface area contributed by atoms with E-state index >= 15 is 0 Å². The van der Waals surface area contributed by atoms with Crippen LogP contribution in [-0.4, -0.2) is 31.2 Å². The van der Waals surface area contributed by atoms with Crippen LogP contribution in [0.3, 0.4) is 0 Å². The smallest absolute Gasteiger partial charge is 0.318 e. The predicted molar refractivity (Wildman–Crippen MR) is 49.5 cm³/mol. The molecule has 0 radical (unpaired) electrons. The van der Waals surface area contributed by atoms with Gasteiger partial charge in [0.15, 0.2) is 0 Å². The molecule has 0 atom stereocenters. The normalized spacial score (nSPS) is 11.5. The van der Waals surface area contributed by atoms with Crippen LogP contribution in [0.4, 0.5) is 0 Å². The number of sulfonamides is 1. The third kappa shape index (κ3) is 4.09. The molecule has 7 nitrogen and oxygen atoms in total. The molecule has 15 heavy (non-hydrogen) atoms. The zero-order chi connectivity index (χ0) is 11.5. The van der Waals surface area contributed by atoms with Gasteiger partial charge in [0.2, 0.25) is 10.0 Å². The Morgan fingerprint density at radius 3 is 2.80 bits per heavy atom. The van der Waals surface area contributed by atoms with Gasteiger partial charge < -0.3 is 9.63 Å². The highest BCUT2D eigenvalue weighted by Crippen LogP contribution is 2.05. The van der Waals surface area contributed by atoms with Gasteiger partial charge in [0.1, 0.15) is 23.8 Å². The standard InChI is InChI=1S/C7H10N2O5S/c1-5-2-6(9-14-5)4-15(12,13)8-3-7(10)11/h2,8H,3-4H2,1H3,(H,10,11). The zero-order valence-electron chi connectivity index (χ0n) is 7.93. The molecule has 84 valence electrons. The first kappa shape index (κ1) is 11.7. The van der Waals surface area contributed by atoms with E-state index in [0.717, 1.165) is 0 Å². The summed E-state index contributed by atoms with van der Waals surface area (Å²) in [6, 6.07) is 1.47. The monoisotopic (exact) mass is 234 g/mol. The molecule has 0 aliphatic heterocycles. The van der Waals surface area contributed by atoms with Crippen LogP contribution >= 0.6 is 0 Å². The third-order valence-electron chi connectivity index (χ3n) is 1.46. The molecule has 2 N–H and O–H groups in total. The first-order chi connectivity index (χ1) is 6.89. The van der Waals surface area contributed by atoms with Crippen LogP contribution in [-0.2, 0) is 20.6 Å². The fourth-order valence-corrected chi connectivity index (χ4v) is 1.87. The second-order valence-electron chi connectivity index (χ2n) is 2.90. The summed E-state index contributed by atoms with van der Waals surface area (Å²) in [4.78, 5) is 10.1. The Morgan fingerprint density at radius 2 is 2.33 bits per heavy atom. The molecule has 8 heteroatoms. The molecular formula is C7H10N2O5S. The van der Waals surface area contributed by atoms with E-state index in [2.05, 4.69) is 9.68 Å². The quantitative estimate of drug-likeness (QED) is 0.709. The van der Waals surface area contributed by atoms with Gasteiger partial charge in [-0.15, -0.1) is 0 Å². The van der Waals surface area contributed by atoms with Crippen molar-refractivity contribution in [2.24, 2.45) is 0 Å². The topological polar surface area (TPSA) is 110 Å². The summed E-state index contributed by atoms with van der Waals surface area (Å²) in [5.74, 6) is -1.13. The highest BCUT2D eigenvalue weighted by Gasteiger charge is 2.15. The summed E-state index contributed by atoms with van der Waals surface area (Å²) in [5.41, 5.74) is 0.241. The van der Waals surface area contributed by atoms with Crippen LogP contribution in [0.25, 0.3) is 0 Å². The van der Waals surface area contributed by atoms with Gasteiger partial charge in [-0.05, 0) is 6.92 Å². The number of carboxylic acids is 1. The van der Waals surface area contributed by atoms with Crippen molar-refractivity contribution in [1.82, 2.24) is 9.88 Å². The van der Waals surface area contributed by atoms with Gasteiger partial charge in [-0.3, -0.25) is 4.79 Å². The lowest BCUT2D eigenvalue weighted by molar-refractivity contribution is -0.135. The van der Waals surface area contributed by atoms with E-state index in [-0.39, 0.29) is 5.69 Å². The second kappa shape index (κ2) is 4.41. The Hall–Kier alpha value is -1.41. The molecule has 0 aromatic carbocycles. The number of carboxylic acid groups (broad SMARTS) is 1. The lowest BCUT2D eigenvalue weighted by atomic mass is 10.4. The van der Waals surface area contributed by atoms with E-state index in [0.29, 0.717) is 5.76 Å². The van der Waals surface area contributed by atoms with E-state index in [1.807, 2.05) is 4.72 Å². The van der Waals surface area contributed by atoms with Crippen molar-refractivity contribution in [2.45, 2.75) is 12.7 Å². The molecule has 0 fully saturated rings. The highest BCUT2D eigenvalue weighted by molar-refractivity contribution is 7.88. The Kier molecular flexibility index (Phi) is 3.43. The number of hydrogen-bond donors (Lipinski definition) is 2. The van der Waals surface area contributed by atoms with E-state index in [9.17, 15) is 13.2 Å². The van der Waals surface area contributed by atoms with Crippen LogP contribution in [0.15, 0.2) is 10.6 Å². The summed E-state index contributed by atoms with van der Waals surface area (Å²) in [6.07, 6.45) is 0. The molecular weight excluding hydrogens is 224 g/mol. The van der Waals surface area contributed by atoms with E-state index in [1.165, 1.54) is 6.07 Å². The number of aliphatic carboxylic acids is 1. The molecule has 0 unspecified atom stereocenters. The van der Waals surface area contributed by atoms with Gasteiger partial charge in [0.05, 0.1) is 0 Å². The van der Waals surface area contributed by atoms with Crippen molar-refractivity contribution in [3.8, 4) is 0 Å². The Balaban J connectivity index is 2.60. The van der Waals surface area contributed by atoms with Crippen LogP contribution in [0.5, 0.6) is 0 Å². The van der Waals surface area contributed by atoms with E-state index in [4.69, 9.17) is 5.11 Å². The molecule has 1 aromatic heterocycles. The maximum Gasteiger partial charge on any atom is 0.318 e. The third-order valence-corrected chi connectivity index (χ3v) is 2.72. The average Bonchev–Trinajstić information content (AvgIpc) is 2.47. The van der Waals surface area contributed by atoms with Gasteiger partial charge in [-0.1, -0.05) is 5.16 Å². The molecule has 0 bridgehead atoms. The SMILES string of the molecule is Cc1cc(CS(=O)(=O)NCC(=O)O)no1. The number of carbonyl (C=O) groups is 1. The molecule has 0 spiro atoms. The Bertz CT molecular complexity index is 450. The van der Waals surface area contributed by atoms with Crippen molar-refractivity contribution in [3.63, 3.8) is 0 Å². The number of aryl methyl sites for hydroxylation is 1. The van der Waals surface area contributed by atoms with Gasteiger partial charge in [-0.2, -0.15) is 0 Å². The number of rotatable bonds is 5. The maximum atomic E-state index is 11.3. The average molecular weight is 234 g/mol. The van der Waals surface area contributed by atoms with Gasteiger partial charge in [-0.25, -0.2) is 13.1 Å². The fraction of sp³-hybridized carbons (Fsp3) is 0.429. The molecule has 0 amide bonds. The van der Waals surface area contributed by atoms with Gasteiger partial charge in [0.25, 0.3) is 0 Å². The van der Waals surface area contributed by atoms with E-state index in [1.54, 1.807) is 6.92 Å². The minimum atomic E-state index is -3.67. The number of nitrogens with one attached hydrogen (secondary N) is 1. The van der Waals surface area contributed by atoms with Gasteiger partial charge in [0, 0.05) is 6.07 Å². The second-order valence-corrected chi connectivity index (χ2v) is 4.71. The van der Waals surface area contributed by atoms with Crippen molar-refractivity contribution in [2.75, 3.05) is 6.54 Å². The number of hydrogen-bond acceptors (Lipinski definition) is 5. The summed E-state index contributed by atoms with van der Waals surface area (Å²) in [6.45, 7) is 0.993. The molecule has 1 rings (SSSR count). The van der Waals surface area contributed by atoms with Crippen molar-refractivity contribution in [1.29, 1.82) is 0 Å². The minimum absolute atomic E-state index is 0.241. The summed E-state index contributed by atoms with van der Waals surface area (Å²) >= 11 is 0. The zero-order valence-corrected chi connectivity index (χ0v) is 8.74. The molecule has 0 aliphatic rings. The van der Waals surface area contributed by atoms with Crippen molar-refractivity contribution >= 4 is 16.0 Å². The van der Waals surface area contributed by atoms with Crippen LogP contribution in [0, 0.1) is 6.92 Å². The lowest BCUT2D eigenvalue weighted by Crippen LogP contribution is -2.30. The first-order valence-corrected chi connectivity index (χ1v) is 5.65. The molecule has 0 saturated carbocycles. The summed E-state index contributed by atoms with van der Waals surface area (Å²) in [7, 11) is -3.67. The van der Waals surface area contributed by atoms with Crippen molar-refractivity contribution in [3.05, 3.63) is 17.5 Å². The minimum Gasteiger partial charge on any atom is -0.480 e. The summed E-state index contributed by atoms with van der Waals surface area (Å²) in [5, 5.41) is 11.8. The fourth-order valence-electron chi connectivity index (χ4n) is 0.903. The lowest BCUT2D eigenvalue weighted by Gasteiger charge is -2.00. The van der Waals surface area contributed by atoms with Crippen LogP contribution in [0.2, 0.25) is 0 Å². The molecule has 1 heterocycles. The molecule has 0 saturated heterocycles. The molecule has 1 aromatic rings. The predicted octanol–water partition coefficient (Wildman–Crippen LogP) is -0.513. The van der Waals surface area contributed by atoms with Crippen LogP contribution in [0.1, 0.15) is 11.5 Å². The van der Waals surface area contributed by atoms with Crippen LogP contribution < -0.4 is 4.72 Å². The maximum absolute atomic E-state index is 11.3. The highest BCUT2D eigenvalue weighted by atomic mass is 32.2. The van der Waals surface area contributed by atoms with Gasteiger partial charge >= 0.3 is 5.97 Å². The largest absolute Gasteiger partial charge is 0.480 e. The number of aromatic nitrogens is 1. The Labute approximate surface area is 86.1 Å². The first-order valence-electron chi connectivity index (χ1n) is 4.00. The van der Waals surface area contributed by atoms with Crippen molar-refractivity contribution < 1.29 is 22.8 Å². The Morgan fingerprint density at radius 1 is 1.67 bits per heavy atom. The van der Waals surface area contributed by atoms with E-state index < -0.39 is 28.3 Å². The summed E-state index contributed by atoms with van der Waals surface area (Å²) < 4.78 is 29.1. The molecule has 0 aliphatic carbocycles. The number of nitrogens with zero attached hydrogens (tertiary/aromatic N) is 1.